The third-order valence-corrected chi connectivity index (χ3v) is 4.97. The van der Waals surface area contributed by atoms with Gasteiger partial charge in [0, 0.05) is 19.6 Å². The first-order valence-corrected chi connectivity index (χ1v) is 12.7. The Hall–Kier alpha value is -0.690. The van der Waals surface area contributed by atoms with Crippen LogP contribution in [0.2, 0.25) is 0 Å². The third-order valence-electron chi connectivity index (χ3n) is 4.97. The van der Waals surface area contributed by atoms with Crippen molar-refractivity contribution in [3.8, 4) is 0 Å². The molecule has 0 heterocycles. The second kappa shape index (κ2) is 25.6. The molecule has 0 bridgehead atoms. The first-order valence-electron chi connectivity index (χ1n) is 12.7. The molecule has 186 valence electrons. The van der Waals surface area contributed by atoms with Crippen LogP contribution in [0.15, 0.2) is 0 Å². The number of hydrogen-bond acceptors (Lipinski definition) is 6. The number of esters is 1. The van der Waals surface area contributed by atoms with E-state index >= 15 is 0 Å². The fourth-order valence-electron chi connectivity index (χ4n) is 3.09. The van der Waals surface area contributed by atoms with Crippen LogP contribution in [0.5, 0.6) is 0 Å². The average Bonchev–Trinajstić information content (AvgIpc) is 2.75. The van der Waals surface area contributed by atoms with Gasteiger partial charge in [-0.3, -0.25) is 4.79 Å². The van der Waals surface area contributed by atoms with Crippen molar-refractivity contribution in [1.82, 2.24) is 0 Å². The Morgan fingerprint density at radius 1 is 0.581 bits per heavy atom. The lowest BCUT2D eigenvalue weighted by molar-refractivity contribution is -0.149. The largest absolute Gasteiger partial charge is 0.463 e. The maximum atomic E-state index is 11.7. The Morgan fingerprint density at radius 2 is 1.03 bits per heavy atom. The molecule has 0 N–H and O–H groups in total. The van der Waals surface area contributed by atoms with E-state index in [1.54, 1.807) is 0 Å². The van der Waals surface area contributed by atoms with Gasteiger partial charge in [0.05, 0.1) is 45.7 Å². The van der Waals surface area contributed by atoms with Gasteiger partial charge < -0.3 is 23.7 Å². The summed E-state index contributed by atoms with van der Waals surface area (Å²) in [5, 5.41) is 0. The van der Waals surface area contributed by atoms with Gasteiger partial charge in [0.15, 0.2) is 0 Å². The van der Waals surface area contributed by atoms with Gasteiger partial charge >= 0.3 is 5.97 Å². The zero-order chi connectivity index (χ0) is 22.8. The van der Waals surface area contributed by atoms with E-state index in [2.05, 4.69) is 13.8 Å². The molecule has 0 saturated carbocycles. The van der Waals surface area contributed by atoms with Crippen molar-refractivity contribution in [2.45, 2.75) is 104 Å². The molecule has 0 spiro atoms. The summed E-state index contributed by atoms with van der Waals surface area (Å²) in [5.74, 6) is -0.128. The van der Waals surface area contributed by atoms with Gasteiger partial charge in [-0.1, -0.05) is 58.8 Å². The van der Waals surface area contributed by atoms with Crippen molar-refractivity contribution in [2.75, 3.05) is 52.9 Å². The third kappa shape index (κ3) is 25.4. The minimum Gasteiger partial charge on any atom is -0.463 e. The zero-order valence-corrected chi connectivity index (χ0v) is 20.7. The highest BCUT2D eigenvalue weighted by molar-refractivity contribution is 5.69. The molecular weight excluding hydrogens is 396 g/mol. The van der Waals surface area contributed by atoms with Crippen LogP contribution in [-0.2, 0) is 28.5 Å². The SMILES string of the molecule is CCCCCCCCOCCOCCOCCOCCCC(=O)OC(C)CCCCC. The van der Waals surface area contributed by atoms with Crippen molar-refractivity contribution >= 4 is 5.97 Å². The number of unbranched alkanes of at least 4 members (excludes halogenated alkanes) is 7. The van der Waals surface area contributed by atoms with Crippen molar-refractivity contribution < 1.29 is 28.5 Å². The van der Waals surface area contributed by atoms with Crippen LogP contribution in [0.4, 0.5) is 0 Å². The molecule has 0 radical (unpaired) electrons. The maximum absolute atomic E-state index is 11.7. The van der Waals surface area contributed by atoms with Crippen LogP contribution in [0.1, 0.15) is 97.8 Å². The molecule has 0 aromatic heterocycles. The topological polar surface area (TPSA) is 63.2 Å². The molecule has 0 amide bonds. The van der Waals surface area contributed by atoms with Crippen molar-refractivity contribution in [1.29, 1.82) is 0 Å². The van der Waals surface area contributed by atoms with Gasteiger partial charge in [-0.25, -0.2) is 0 Å². The zero-order valence-electron chi connectivity index (χ0n) is 20.7. The van der Waals surface area contributed by atoms with Crippen LogP contribution in [0, 0.1) is 0 Å². The smallest absolute Gasteiger partial charge is 0.306 e. The molecule has 0 aliphatic rings. The molecule has 0 aliphatic heterocycles. The number of ether oxygens (including phenoxy) is 5. The monoisotopic (exact) mass is 446 g/mol. The molecule has 1 atom stereocenters. The van der Waals surface area contributed by atoms with E-state index in [9.17, 15) is 4.79 Å². The van der Waals surface area contributed by atoms with E-state index in [1.165, 1.54) is 44.9 Å². The number of hydrogen-bond donors (Lipinski definition) is 0. The predicted octanol–water partition coefficient (Wildman–Crippen LogP) is 5.71. The maximum Gasteiger partial charge on any atom is 0.306 e. The fourth-order valence-corrected chi connectivity index (χ4v) is 3.09. The van der Waals surface area contributed by atoms with Crippen molar-refractivity contribution in [3.05, 3.63) is 0 Å². The molecule has 1 unspecified atom stereocenters. The van der Waals surface area contributed by atoms with Crippen LogP contribution < -0.4 is 0 Å². The molecule has 6 nitrogen and oxygen atoms in total. The van der Waals surface area contributed by atoms with Crippen molar-refractivity contribution in [3.63, 3.8) is 0 Å². The van der Waals surface area contributed by atoms with Gasteiger partial charge in [0.2, 0.25) is 0 Å². The molecule has 0 aromatic carbocycles. The summed E-state index contributed by atoms with van der Waals surface area (Å²) in [7, 11) is 0. The average molecular weight is 447 g/mol. The Balaban J connectivity index is 3.17. The predicted molar refractivity (Wildman–Crippen MR) is 126 cm³/mol. The normalized spacial score (nSPS) is 12.2. The summed E-state index contributed by atoms with van der Waals surface area (Å²) in [6.45, 7) is 11.2. The number of rotatable bonds is 25. The van der Waals surface area contributed by atoms with Gasteiger partial charge in [0.25, 0.3) is 0 Å². The number of carbonyl (C=O) groups excluding carboxylic acids is 1. The summed E-state index contributed by atoms with van der Waals surface area (Å²) >= 11 is 0. The Bertz CT molecular complexity index is 364. The first-order chi connectivity index (χ1) is 15.2. The summed E-state index contributed by atoms with van der Waals surface area (Å²) < 4.78 is 27.4. The molecule has 0 rings (SSSR count). The molecule has 0 fully saturated rings. The van der Waals surface area contributed by atoms with E-state index < -0.39 is 0 Å². The van der Waals surface area contributed by atoms with E-state index in [4.69, 9.17) is 23.7 Å². The quantitative estimate of drug-likeness (QED) is 0.132. The van der Waals surface area contributed by atoms with Crippen molar-refractivity contribution in [2.24, 2.45) is 0 Å². The molecular formula is C25H50O6. The van der Waals surface area contributed by atoms with Crippen LogP contribution >= 0.6 is 0 Å². The lowest BCUT2D eigenvalue weighted by Crippen LogP contribution is -2.15. The minimum absolute atomic E-state index is 0.0162. The highest BCUT2D eigenvalue weighted by atomic mass is 16.6. The summed E-state index contributed by atoms with van der Waals surface area (Å²) in [6, 6.07) is 0. The van der Waals surface area contributed by atoms with Gasteiger partial charge in [0.1, 0.15) is 0 Å². The summed E-state index contributed by atoms with van der Waals surface area (Å²) in [4.78, 5) is 11.7. The van der Waals surface area contributed by atoms with Crippen LogP contribution in [0.3, 0.4) is 0 Å². The second-order valence-electron chi connectivity index (χ2n) is 8.12. The highest BCUT2D eigenvalue weighted by Gasteiger charge is 2.08. The summed E-state index contributed by atoms with van der Waals surface area (Å²) in [5.41, 5.74) is 0. The Morgan fingerprint density at radius 3 is 1.61 bits per heavy atom. The molecule has 0 saturated heterocycles. The van der Waals surface area contributed by atoms with E-state index in [-0.39, 0.29) is 12.1 Å². The van der Waals surface area contributed by atoms with Gasteiger partial charge in [-0.05, 0) is 32.6 Å². The van der Waals surface area contributed by atoms with Gasteiger partial charge in [-0.15, -0.1) is 0 Å². The van der Waals surface area contributed by atoms with Crippen LogP contribution in [-0.4, -0.2) is 64.9 Å². The summed E-state index contributed by atoms with van der Waals surface area (Å²) in [6.07, 6.45) is 13.3. The molecule has 0 aliphatic carbocycles. The lowest BCUT2D eigenvalue weighted by Gasteiger charge is -2.13. The molecule has 6 heteroatoms. The first kappa shape index (κ1) is 30.3. The van der Waals surface area contributed by atoms with Gasteiger partial charge in [-0.2, -0.15) is 0 Å². The van der Waals surface area contributed by atoms with E-state index in [0.717, 1.165) is 25.9 Å². The Kier molecular flexibility index (Phi) is 25.0. The van der Waals surface area contributed by atoms with Crippen LogP contribution in [0.25, 0.3) is 0 Å². The number of carbonyl (C=O) groups is 1. The lowest BCUT2D eigenvalue weighted by atomic mass is 10.1. The van der Waals surface area contributed by atoms with E-state index in [0.29, 0.717) is 59.1 Å². The highest BCUT2D eigenvalue weighted by Crippen LogP contribution is 2.08. The second-order valence-corrected chi connectivity index (χ2v) is 8.12. The Labute approximate surface area is 191 Å². The molecule has 0 aromatic rings. The fraction of sp³-hybridized carbons (Fsp3) is 0.960. The standard InChI is InChI=1S/C25H50O6/c1-4-6-8-9-10-12-16-27-18-20-29-22-23-30-21-19-28-17-13-15-25(26)31-24(3)14-11-7-5-2/h24H,4-23H2,1-3H3. The minimum atomic E-state index is -0.128. The molecule has 31 heavy (non-hydrogen) atoms. The van der Waals surface area contributed by atoms with E-state index in [1.807, 2.05) is 6.92 Å².